The third-order valence-corrected chi connectivity index (χ3v) is 3.94. The lowest BCUT2D eigenvalue weighted by Crippen LogP contribution is -2.25. The average molecular weight is 260 g/mol. The van der Waals surface area contributed by atoms with E-state index in [2.05, 4.69) is 40.5 Å². The Labute approximate surface area is 118 Å². The van der Waals surface area contributed by atoms with Crippen molar-refractivity contribution < 1.29 is 0 Å². The van der Waals surface area contributed by atoms with Crippen molar-refractivity contribution in [1.82, 2.24) is 10.2 Å². The van der Waals surface area contributed by atoms with Crippen molar-refractivity contribution >= 4 is 0 Å². The van der Waals surface area contributed by atoms with Gasteiger partial charge in [-0.1, -0.05) is 30.3 Å². The van der Waals surface area contributed by atoms with Crippen LogP contribution in [0.15, 0.2) is 30.3 Å². The van der Waals surface area contributed by atoms with Gasteiger partial charge < -0.3 is 10.2 Å². The van der Waals surface area contributed by atoms with Crippen LogP contribution < -0.4 is 5.32 Å². The smallest absolute Gasteiger partial charge is 0.000664 e. The molecule has 0 amide bonds. The van der Waals surface area contributed by atoms with Crippen LogP contribution in [0.4, 0.5) is 0 Å². The molecule has 1 aliphatic heterocycles. The summed E-state index contributed by atoms with van der Waals surface area (Å²) in [6, 6.07) is 10.8. The molecule has 1 N–H and O–H groups in total. The van der Waals surface area contributed by atoms with Crippen LogP contribution in [0, 0.1) is 0 Å². The Morgan fingerprint density at radius 2 is 1.63 bits per heavy atom. The van der Waals surface area contributed by atoms with Gasteiger partial charge in [-0.2, -0.15) is 0 Å². The molecule has 0 saturated carbocycles. The van der Waals surface area contributed by atoms with Crippen molar-refractivity contribution in [3.63, 3.8) is 0 Å². The standard InChI is InChI=1S/C17H28N2/c1-2-9-17(10-3-1)11-4-5-12-18-13-8-16-19-14-6-7-15-19/h1-3,9-10,18H,4-8,11-16H2. The number of likely N-dealkylation sites (tertiary alicyclic amines) is 1. The van der Waals surface area contributed by atoms with E-state index < -0.39 is 0 Å². The topological polar surface area (TPSA) is 15.3 Å². The Morgan fingerprint density at radius 3 is 2.42 bits per heavy atom. The molecular formula is C17H28N2. The van der Waals surface area contributed by atoms with Gasteiger partial charge in [0.2, 0.25) is 0 Å². The zero-order valence-corrected chi connectivity index (χ0v) is 12.1. The number of nitrogens with one attached hydrogen (secondary N) is 1. The van der Waals surface area contributed by atoms with Gasteiger partial charge in [0.05, 0.1) is 0 Å². The van der Waals surface area contributed by atoms with Crippen molar-refractivity contribution in [1.29, 1.82) is 0 Å². The number of hydrogen-bond donors (Lipinski definition) is 1. The minimum atomic E-state index is 1.17. The van der Waals surface area contributed by atoms with E-state index in [1.54, 1.807) is 0 Å². The highest BCUT2D eigenvalue weighted by Crippen LogP contribution is 2.07. The fraction of sp³-hybridized carbons (Fsp3) is 0.647. The molecule has 106 valence electrons. The Bertz CT molecular complexity index is 317. The summed E-state index contributed by atoms with van der Waals surface area (Å²) in [6.45, 7) is 6.31. The second-order valence-corrected chi connectivity index (χ2v) is 5.60. The molecule has 0 radical (unpaired) electrons. The first-order chi connectivity index (χ1) is 9.45. The van der Waals surface area contributed by atoms with Crippen LogP contribution in [0.3, 0.4) is 0 Å². The average Bonchev–Trinajstić information content (AvgIpc) is 2.96. The second-order valence-electron chi connectivity index (χ2n) is 5.60. The van der Waals surface area contributed by atoms with Gasteiger partial charge in [-0.05, 0) is 76.8 Å². The van der Waals surface area contributed by atoms with Gasteiger partial charge >= 0.3 is 0 Å². The fourth-order valence-corrected chi connectivity index (χ4v) is 2.78. The lowest BCUT2D eigenvalue weighted by atomic mass is 10.1. The fourth-order valence-electron chi connectivity index (χ4n) is 2.78. The van der Waals surface area contributed by atoms with Gasteiger partial charge in [0.1, 0.15) is 0 Å². The number of unbranched alkanes of at least 4 members (excludes halogenated alkanes) is 1. The number of aryl methyl sites for hydroxylation is 1. The molecule has 1 fully saturated rings. The van der Waals surface area contributed by atoms with Gasteiger partial charge in [0.15, 0.2) is 0 Å². The summed E-state index contributed by atoms with van der Waals surface area (Å²) in [6.07, 6.45) is 7.93. The first-order valence-electron chi connectivity index (χ1n) is 7.92. The molecule has 0 aliphatic carbocycles. The molecule has 1 heterocycles. The molecule has 1 aliphatic rings. The molecule has 1 saturated heterocycles. The van der Waals surface area contributed by atoms with Gasteiger partial charge in [0.25, 0.3) is 0 Å². The summed E-state index contributed by atoms with van der Waals surface area (Å²) in [5, 5.41) is 3.57. The lowest BCUT2D eigenvalue weighted by molar-refractivity contribution is 0.331. The van der Waals surface area contributed by atoms with E-state index in [1.807, 2.05) is 0 Å². The highest BCUT2D eigenvalue weighted by atomic mass is 15.1. The van der Waals surface area contributed by atoms with Crippen LogP contribution in [-0.4, -0.2) is 37.6 Å². The van der Waals surface area contributed by atoms with Crippen molar-refractivity contribution in [3.05, 3.63) is 35.9 Å². The molecule has 0 atom stereocenters. The maximum atomic E-state index is 3.57. The molecule has 0 bridgehead atoms. The van der Waals surface area contributed by atoms with E-state index in [-0.39, 0.29) is 0 Å². The Morgan fingerprint density at radius 1 is 0.895 bits per heavy atom. The van der Waals surface area contributed by atoms with Crippen LogP contribution in [-0.2, 0) is 6.42 Å². The molecule has 0 spiro atoms. The quantitative estimate of drug-likeness (QED) is 0.686. The van der Waals surface area contributed by atoms with Crippen molar-refractivity contribution in [2.24, 2.45) is 0 Å². The zero-order valence-electron chi connectivity index (χ0n) is 12.1. The maximum absolute atomic E-state index is 3.57. The van der Waals surface area contributed by atoms with Gasteiger partial charge in [-0.15, -0.1) is 0 Å². The Kier molecular flexibility index (Phi) is 6.97. The van der Waals surface area contributed by atoms with E-state index in [4.69, 9.17) is 0 Å². The van der Waals surface area contributed by atoms with Crippen LogP contribution in [0.2, 0.25) is 0 Å². The molecule has 2 nitrogen and oxygen atoms in total. The van der Waals surface area contributed by atoms with Crippen molar-refractivity contribution in [2.75, 3.05) is 32.7 Å². The van der Waals surface area contributed by atoms with Gasteiger partial charge in [-0.3, -0.25) is 0 Å². The third kappa shape index (κ3) is 6.22. The molecule has 0 aromatic heterocycles. The summed E-state index contributed by atoms with van der Waals surface area (Å²) in [4.78, 5) is 2.59. The number of rotatable bonds is 9. The zero-order chi connectivity index (χ0) is 13.2. The molecule has 1 aromatic rings. The number of benzene rings is 1. The first kappa shape index (κ1) is 14.5. The lowest BCUT2D eigenvalue weighted by Gasteiger charge is -2.14. The van der Waals surface area contributed by atoms with Crippen LogP contribution in [0.25, 0.3) is 0 Å². The molecule has 2 heteroatoms. The normalized spacial score (nSPS) is 16.0. The van der Waals surface area contributed by atoms with E-state index in [0.29, 0.717) is 0 Å². The Balaban J connectivity index is 1.38. The molecular weight excluding hydrogens is 232 g/mol. The van der Waals surface area contributed by atoms with Gasteiger partial charge in [-0.25, -0.2) is 0 Å². The largest absolute Gasteiger partial charge is 0.317 e. The van der Waals surface area contributed by atoms with E-state index in [9.17, 15) is 0 Å². The summed E-state index contributed by atoms with van der Waals surface area (Å²) in [7, 11) is 0. The molecule has 0 unspecified atom stereocenters. The molecule has 19 heavy (non-hydrogen) atoms. The number of hydrogen-bond acceptors (Lipinski definition) is 2. The van der Waals surface area contributed by atoms with Crippen LogP contribution >= 0.6 is 0 Å². The summed E-state index contributed by atoms with van der Waals surface area (Å²) < 4.78 is 0. The predicted molar refractivity (Wildman–Crippen MR) is 82.5 cm³/mol. The number of nitrogens with zero attached hydrogens (tertiary/aromatic N) is 1. The first-order valence-corrected chi connectivity index (χ1v) is 7.92. The van der Waals surface area contributed by atoms with E-state index in [1.165, 1.54) is 76.8 Å². The highest BCUT2D eigenvalue weighted by Gasteiger charge is 2.09. The summed E-state index contributed by atoms with van der Waals surface area (Å²) in [5.74, 6) is 0. The Hall–Kier alpha value is -0.860. The van der Waals surface area contributed by atoms with Crippen LogP contribution in [0.5, 0.6) is 0 Å². The summed E-state index contributed by atoms with van der Waals surface area (Å²) >= 11 is 0. The third-order valence-electron chi connectivity index (χ3n) is 3.94. The highest BCUT2D eigenvalue weighted by molar-refractivity contribution is 5.14. The SMILES string of the molecule is c1ccc(CCCCNCCCN2CCCC2)cc1. The summed E-state index contributed by atoms with van der Waals surface area (Å²) in [5.41, 5.74) is 1.47. The van der Waals surface area contributed by atoms with Crippen LogP contribution in [0.1, 0.15) is 37.7 Å². The minimum absolute atomic E-state index is 1.17. The minimum Gasteiger partial charge on any atom is -0.317 e. The monoisotopic (exact) mass is 260 g/mol. The van der Waals surface area contributed by atoms with E-state index in [0.717, 1.165) is 0 Å². The van der Waals surface area contributed by atoms with Gasteiger partial charge in [0, 0.05) is 0 Å². The predicted octanol–water partition coefficient (Wildman–Crippen LogP) is 3.08. The second kappa shape index (κ2) is 9.11. The molecule has 1 aromatic carbocycles. The van der Waals surface area contributed by atoms with E-state index >= 15 is 0 Å². The molecule has 2 rings (SSSR count). The van der Waals surface area contributed by atoms with Crippen molar-refractivity contribution in [2.45, 2.75) is 38.5 Å². The maximum Gasteiger partial charge on any atom is -0.000664 e. The van der Waals surface area contributed by atoms with Crippen molar-refractivity contribution in [3.8, 4) is 0 Å².